The van der Waals surface area contributed by atoms with E-state index >= 15 is 0 Å². The number of aryl methyl sites for hydroxylation is 1. The minimum atomic E-state index is -0.966. The number of carboxylic acids is 1. The number of aromatic carboxylic acids is 1. The van der Waals surface area contributed by atoms with E-state index in [1.165, 1.54) is 5.56 Å². The van der Waals surface area contributed by atoms with E-state index in [0.717, 1.165) is 37.1 Å². The molecule has 7 heteroatoms. The molecular weight excluding hydrogens is 490 g/mol. The Morgan fingerprint density at radius 1 is 1.08 bits per heavy atom. The molecule has 1 saturated heterocycles. The Balaban J connectivity index is 1.53. The maximum absolute atomic E-state index is 13.0. The number of rotatable bonds is 10. The normalized spacial score (nSPS) is 15.7. The second-order valence-electron chi connectivity index (χ2n) is 9.87. The highest BCUT2D eigenvalue weighted by atomic mass is 16.5. The van der Waals surface area contributed by atoms with Gasteiger partial charge in [-0.2, -0.15) is 0 Å². The minimum absolute atomic E-state index is 0.154. The number of amides is 1. The van der Waals surface area contributed by atoms with Crippen LogP contribution in [0.5, 0.6) is 5.75 Å². The lowest BCUT2D eigenvalue weighted by Gasteiger charge is -2.33. The van der Waals surface area contributed by atoms with Crippen LogP contribution >= 0.6 is 0 Å². The van der Waals surface area contributed by atoms with Gasteiger partial charge in [0.1, 0.15) is 5.75 Å². The van der Waals surface area contributed by atoms with Crippen molar-refractivity contribution in [3.05, 3.63) is 107 Å². The number of benzene rings is 2. The van der Waals surface area contributed by atoms with Gasteiger partial charge in [0.25, 0.3) is 5.91 Å². The first-order chi connectivity index (χ1) is 18.7. The van der Waals surface area contributed by atoms with Gasteiger partial charge in [0.05, 0.1) is 18.0 Å². The molecule has 0 unspecified atom stereocenters. The van der Waals surface area contributed by atoms with Crippen molar-refractivity contribution in [2.45, 2.75) is 40.5 Å². The predicted molar refractivity (Wildman–Crippen MR) is 156 cm³/mol. The zero-order chi connectivity index (χ0) is 28.4. The molecule has 2 aromatic rings. The van der Waals surface area contributed by atoms with Crippen LogP contribution in [0.15, 0.2) is 89.9 Å². The summed E-state index contributed by atoms with van der Waals surface area (Å²) in [5.41, 5.74) is 11.0. The third-order valence-corrected chi connectivity index (χ3v) is 6.80. The van der Waals surface area contributed by atoms with Crippen LogP contribution in [0.1, 0.15) is 55.1 Å². The van der Waals surface area contributed by atoms with E-state index in [2.05, 4.69) is 10.2 Å². The molecule has 1 fully saturated rings. The number of hydrogen-bond acceptors (Lipinski definition) is 5. The van der Waals surface area contributed by atoms with Crippen molar-refractivity contribution in [2.75, 3.05) is 19.7 Å². The summed E-state index contributed by atoms with van der Waals surface area (Å²) in [4.78, 5) is 26.2. The maximum Gasteiger partial charge on any atom is 0.335 e. The Morgan fingerprint density at radius 3 is 2.41 bits per heavy atom. The van der Waals surface area contributed by atoms with Crippen molar-refractivity contribution in [3.8, 4) is 5.75 Å². The number of carbonyl (C=O) groups is 2. The third-order valence-electron chi connectivity index (χ3n) is 6.80. The van der Waals surface area contributed by atoms with E-state index in [1.807, 2.05) is 76.3 Å². The van der Waals surface area contributed by atoms with Crippen LogP contribution in [0.4, 0.5) is 0 Å². The Labute approximate surface area is 231 Å². The van der Waals surface area contributed by atoms with Gasteiger partial charge in [-0.3, -0.25) is 4.79 Å². The zero-order valence-corrected chi connectivity index (χ0v) is 23.2. The summed E-state index contributed by atoms with van der Waals surface area (Å²) in [6, 6.07) is 14.7. The van der Waals surface area contributed by atoms with Gasteiger partial charge >= 0.3 is 5.97 Å². The van der Waals surface area contributed by atoms with Gasteiger partial charge in [-0.1, -0.05) is 48.0 Å². The summed E-state index contributed by atoms with van der Waals surface area (Å²) < 4.78 is 5.85. The Bertz CT molecular complexity index is 1280. The minimum Gasteiger partial charge on any atom is -0.493 e. The summed E-state index contributed by atoms with van der Waals surface area (Å²) in [5, 5.41) is 12.1. The summed E-state index contributed by atoms with van der Waals surface area (Å²) in [6.07, 6.45) is 9.39. The van der Waals surface area contributed by atoms with Crippen LogP contribution < -0.4 is 15.8 Å². The largest absolute Gasteiger partial charge is 0.493 e. The molecule has 4 N–H and O–H groups in total. The topological polar surface area (TPSA) is 105 Å². The second-order valence-corrected chi connectivity index (χ2v) is 9.87. The number of piperidine rings is 1. The monoisotopic (exact) mass is 529 g/mol. The Kier molecular flexibility index (Phi) is 10.6. The molecule has 206 valence electrons. The van der Waals surface area contributed by atoms with Crippen LogP contribution in [0.25, 0.3) is 5.57 Å². The lowest BCUT2D eigenvalue weighted by Crippen LogP contribution is -2.37. The van der Waals surface area contributed by atoms with Crippen molar-refractivity contribution in [2.24, 2.45) is 11.7 Å². The molecule has 3 rings (SSSR count). The number of likely N-dealkylation sites (tertiary alicyclic amines) is 1. The first-order valence-electron chi connectivity index (χ1n) is 13.2. The van der Waals surface area contributed by atoms with Crippen LogP contribution in [0.2, 0.25) is 0 Å². The number of nitrogens with zero attached hydrogens (tertiary/aromatic N) is 1. The van der Waals surface area contributed by atoms with E-state index in [9.17, 15) is 9.59 Å². The van der Waals surface area contributed by atoms with Crippen molar-refractivity contribution < 1.29 is 19.4 Å². The van der Waals surface area contributed by atoms with Gasteiger partial charge in [0.2, 0.25) is 0 Å². The molecule has 2 aromatic carbocycles. The maximum atomic E-state index is 13.0. The molecule has 0 bridgehead atoms. The Morgan fingerprint density at radius 2 is 1.77 bits per heavy atom. The van der Waals surface area contributed by atoms with Crippen molar-refractivity contribution in [1.29, 1.82) is 0 Å². The molecule has 0 saturated carbocycles. The average Bonchev–Trinajstić information content (AvgIpc) is 2.94. The predicted octanol–water partition coefficient (Wildman–Crippen LogP) is 5.65. The highest BCUT2D eigenvalue weighted by molar-refractivity contribution is 6.03. The molecule has 7 nitrogen and oxygen atoms in total. The van der Waals surface area contributed by atoms with Crippen molar-refractivity contribution >= 4 is 17.4 Å². The average molecular weight is 530 g/mol. The lowest BCUT2D eigenvalue weighted by atomic mass is 9.98. The Hall–Kier alpha value is -4.26. The third kappa shape index (κ3) is 8.64. The fraction of sp³-hybridized carbons (Fsp3) is 0.312. The number of carbonyl (C=O) groups excluding carboxylic acids is 1. The zero-order valence-electron chi connectivity index (χ0n) is 23.2. The van der Waals surface area contributed by atoms with E-state index in [4.69, 9.17) is 15.6 Å². The summed E-state index contributed by atoms with van der Waals surface area (Å²) >= 11 is 0. The molecule has 1 amide bonds. The summed E-state index contributed by atoms with van der Waals surface area (Å²) in [7, 11) is 0. The van der Waals surface area contributed by atoms with Crippen LogP contribution in [0, 0.1) is 12.8 Å². The lowest BCUT2D eigenvalue weighted by molar-refractivity contribution is -0.116. The van der Waals surface area contributed by atoms with Crippen molar-refractivity contribution in [3.63, 3.8) is 0 Å². The van der Waals surface area contributed by atoms with Gasteiger partial charge in [-0.25, -0.2) is 4.79 Å². The fourth-order valence-electron chi connectivity index (χ4n) is 4.38. The quantitative estimate of drug-likeness (QED) is 0.271. The van der Waals surface area contributed by atoms with Crippen LogP contribution in [-0.4, -0.2) is 41.6 Å². The standard InChI is InChI=1S/C32H39N3O4/c1-5-7-29(26-13-10-22(2)11-14-26)24(4)31(36)34-23(3)12-15-30(33)35-18-16-25(17-19-35)21-39-28-9-6-8-27(20-28)32(37)38/h5-15,20,25H,16-19,21,33H2,1-4H3,(H,34,36)(H,37,38)/b7-5-,23-12+,29-24-,30-15+. The van der Waals surface area contributed by atoms with E-state index in [-0.39, 0.29) is 11.5 Å². The number of nitrogens with one attached hydrogen (secondary N) is 1. The molecule has 0 aliphatic carbocycles. The number of ether oxygens (including phenoxy) is 1. The summed E-state index contributed by atoms with van der Waals surface area (Å²) in [5.74, 6) is 0.472. The van der Waals surface area contributed by atoms with Gasteiger partial charge in [-0.05, 0) is 87.9 Å². The highest BCUT2D eigenvalue weighted by Crippen LogP contribution is 2.23. The number of hydrogen-bond donors (Lipinski definition) is 3. The second kappa shape index (κ2) is 14.0. The molecule has 1 aliphatic heterocycles. The SMILES string of the molecule is C/C=C\C(=C(/C)C(=O)N/C(C)=C/C=C(\N)N1CCC(COc2cccc(C(=O)O)c2)CC1)c1ccc(C)cc1. The molecular formula is C32H39N3O4. The van der Waals surface area contributed by atoms with E-state index in [0.29, 0.717) is 35.4 Å². The fourth-order valence-corrected chi connectivity index (χ4v) is 4.38. The van der Waals surface area contributed by atoms with Gasteiger partial charge < -0.3 is 25.8 Å². The van der Waals surface area contributed by atoms with Crippen LogP contribution in [-0.2, 0) is 4.79 Å². The van der Waals surface area contributed by atoms with E-state index < -0.39 is 5.97 Å². The smallest absolute Gasteiger partial charge is 0.335 e. The molecule has 0 aromatic heterocycles. The van der Waals surface area contributed by atoms with Gasteiger partial charge in [0, 0.05) is 24.4 Å². The molecule has 0 radical (unpaired) electrons. The van der Waals surface area contributed by atoms with Crippen molar-refractivity contribution in [1.82, 2.24) is 10.2 Å². The van der Waals surface area contributed by atoms with Gasteiger partial charge in [-0.15, -0.1) is 0 Å². The number of carboxylic acid groups (broad SMARTS) is 1. The number of allylic oxidation sites excluding steroid dienone is 6. The molecule has 39 heavy (non-hydrogen) atoms. The number of nitrogens with two attached hydrogens (primary N) is 1. The van der Waals surface area contributed by atoms with E-state index in [1.54, 1.807) is 24.3 Å². The molecule has 0 atom stereocenters. The summed E-state index contributed by atoms with van der Waals surface area (Å²) in [6.45, 7) is 9.80. The molecule has 1 aliphatic rings. The first kappa shape index (κ1) is 29.3. The van der Waals surface area contributed by atoms with Gasteiger partial charge in [0.15, 0.2) is 0 Å². The highest BCUT2D eigenvalue weighted by Gasteiger charge is 2.20. The first-order valence-corrected chi connectivity index (χ1v) is 13.2. The van der Waals surface area contributed by atoms with Crippen LogP contribution in [0.3, 0.4) is 0 Å². The molecule has 1 heterocycles. The molecule has 0 spiro atoms.